The van der Waals surface area contributed by atoms with E-state index in [4.69, 9.17) is 4.42 Å². The Hall–Kier alpha value is -2.61. The van der Waals surface area contributed by atoms with Gasteiger partial charge in [-0.2, -0.15) is 0 Å². The van der Waals surface area contributed by atoms with Gasteiger partial charge >= 0.3 is 0 Å². The number of benzene rings is 3. The molecule has 1 heterocycles. The van der Waals surface area contributed by atoms with E-state index in [2.05, 4.69) is 24.3 Å². The molecule has 2 nitrogen and oxygen atoms in total. The van der Waals surface area contributed by atoms with Crippen LogP contribution in [0.5, 0.6) is 0 Å². The van der Waals surface area contributed by atoms with Crippen LogP contribution in [0.4, 0.5) is 0 Å². The zero-order valence-corrected chi connectivity index (χ0v) is 11.0. The molecule has 1 aromatic heterocycles. The lowest BCUT2D eigenvalue weighted by Gasteiger charge is -1.97. The molecule has 96 valence electrons. The minimum atomic E-state index is 0.0533. The predicted molar refractivity (Wildman–Crippen MR) is 81.2 cm³/mol. The van der Waals surface area contributed by atoms with E-state index in [0.717, 1.165) is 27.3 Å². The van der Waals surface area contributed by atoms with Crippen LogP contribution in [-0.2, 0) is 0 Å². The van der Waals surface area contributed by atoms with Gasteiger partial charge in [-0.25, -0.2) is 0 Å². The second-order valence-corrected chi connectivity index (χ2v) is 5.06. The molecule has 20 heavy (non-hydrogen) atoms. The van der Waals surface area contributed by atoms with Crippen molar-refractivity contribution in [2.45, 2.75) is 6.92 Å². The summed E-state index contributed by atoms with van der Waals surface area (Å²) in [6, 6.07) is 18.1. The summed E-state index contributed by atoms with van der Waals surface area (Å²) in [7, 11) is 0. The van der Waals surface area contributed by atoms with Gasteiger partial charge in [-0.3, -0.25) is 4.79 Å². The maximum atomic E-state index is 11.5. The fourth-order valence-electron chi connectivity index (χ4n) is 2.68. The Kier molecular flexibility index (Phi) is 2.21. The fraction of sp³-hybridized carbons (Fsp3) is 0.0556. The van der Waals surface area contributed by atoms with Crippen LogP contribution in [-0.4, -0.2) is 5.78 Å². The number of fused-ring (bicyclic) bond motifs is 4. The molecule has 0 saturated carbocycles. The highest BCUT2D eigenvalue weighted by Gasteiger charge is 2.10. The largest absolute Gasteiger partial charge is 0.456 e. The zero-order valence-electron chi connectivity index (χ0n) is 11.0. The van der Waals surface area contributed by atoms with Gasteiger partial charge in [0.2, 0.25) is 0 Å². The summed E-state index contributed by atoms with van der Waals surface area (Å²) in [6.45, 7) is 1.57. The number of furan rings is 1. The van der Waals surface area contributed by atoms with Gasteiger partial charge in [-0.05, 0) is 42.0 Å². The maximum absolute atomic E-state index is 11.5. The van der Waals surface area contributed by atoms with Crippen LogP contribution in [0, 0.1) is 0 Å². The molecule has 4 aromatic rings. The second kappa shape index (κ2) is 3.94. The first kappa shape index (κ1) is 11.2. The first-order valence-electron chi connectivity index (χ1n) is 6.58. The standard InChI is InChI=1S/C18H12O2/c1-11(19)12-6-7-15-16-8-13-4-2-3-5-14(13)10-18(16)20-17(15)9-12/h2-10H,1H3. The molecule has 0 bridgehead atoms. The van der Waals surface area contributed by atoms with E-state index in [9.17, 15) is 4.79 Å². The Labute approximate surface area is 115 Å². The Morgan fingerprint density at radius 2 is 1.55 bits per heavy atom. The molecule has 3 aromatic carbocycles. The van der Waals surface area contributed by atoms with Crippen molar-refractivity contribution in [1.29, 1.82) is 0 Å². The van der Waals surface area contributed by atoms with E-state index in [0.29, 0.717) is 5.56 Å². The van der Waals surface area contributed by atoms with E-state index in [1.807, 2.05) is 30.3 Å². The van der Waals surface area contributed by atoms with Gasteiger partial charge in [-0.15, -0.1) is 0 Å². The minimum Gasteiger partial charge on any atom is -0.456 e. The average Bonchev–Trinajstić information content (AvgIpc) is 2.81. The lowest BCUT2D eigenvalue weighted by molar-refractivity contribution is 0.101. The summed E-state index contributed by atoms with van der Waals surface area (Å²) in [5.74, 6) is 0.0533. The van der Waals surface area contributed by atoms with Crippen molar-refractivity contribution < 1.29 is 9.21 Å². The molecule has 0 radical (unpaired) electrons. The van der Waals surface area contributed by atoms with Crippen LogP contribution >= 0.6 is 0 Å². The number of hydrogen-bond donors (Lipinski definition) is 0. The molecule has 2 heteroatoms. The highest BCUT2D eigenvalue weighted by molar-refractivity contribution is 6.11. The summed E-state index contributed by atoms with van der Waals surface area (Å²) in [6.07, 6.45) is 0. The molecule has 0 saturated heterocycles. The third-order valence-electron chi connectivity index (χ3n) is 3.75. The summed E-state index contributed by atoms with van der Waals surface area (Å²) >= 11 is 0. The van der Waals surface area contributed by atoms with Crippen molar-refractivity contribution in [3.05, 3.63) is 60.2 Å². The van der Waals surface area contributed by atoms with E-state index in [-0.39, 0.29) is 5.78 Å². The molecule has 0 atom stereocenters. The number of rotatable bonds is 1. The molecule has 0 N–H and O–H groups in total. The Balaban J connectivity index is 2.12. The molecule has 0 aliphatic heterocycles. The highest BCUT2D eigenvalue weighted by atomic mass is 16.3. The quantitative estimate of drug-likeness (QED) is 0.454. The number of carbonyl (C=O) groups excluding carboxylic acids is 1. The number of Topliss-reactive ketones (excluding diaryl/α,β-unsaturated/α-hetero) is 1. The summed E-state index contributed by atoms with van der Waals surface area (Å²) in [5.41, 5.74) is 2.31. The van der Waals surface area contributed by atoms with Crippen molar-refractivity contribution >= 4 is 38.5 Å². The first-order chi connectivity index (χ1) is 9.72. The number of hydrogen-bond acceptors (Lipinski definition) is 2. The van der Waals surface area contributed by atoms with Crippen LogP contribution in [0.15, 0.2) is 59.0 Å². The monoisotopic (exact) mass is 260 g/mol. The van der Waals surface area contributed by atoms with Crippen LogP contribution in [0.2, 0.25) is 0 Å². The van der Waals surface area contributed by atoms with Gasteiger partial charge in [0.25, 0.3) is 0 Å². The lowest BCUT2D eigenvalue weighted by Crippen LogP contribution is -1.89. The SMILES string of the molecule is CC(=O)c1ccc2c(c1)oc1cc3ccccc3cc12. The van der Waals surface area contributed by atoms with Crippen molar-refractivity contribution in [2.75, 3.05) is 0 Å². The number of carbonyl (C=O) groups is 1. The second-order valence-electron chi connectivity index (χ2n) is 5.06. The van der Waals surface area contributed by atoms with Crippen LogP contribution in [0.25, 0.3) is 32.7 Å². The Morgan fingerprint density at radius 3 is 2.30 bits per heavy atom. The van der Waals surface area contributed by atoms with Crippen LogP contribution in [0.3, 0.4) is 0 Å². The topological polar surface area (TPSA) is 30.2 Å². The van der Waals surface area contributed by atoms with E-state index < -0.39 is 0 Å². The summed E-state index contributed by atoms with van der Waals surface area (Å²) in [4.78, 5) is 11.5. The number of ketones is 1. The summed E-state index contributed by atoms with van der Waals surface area (Å²) < 4.78 is 5.90. The molecule has 0 aliphatic carbocycles. The third kappa shape index (κ3) is 1.55. The molecule has 0 unspecified atom stereocenters. The van der Waals surface area contributed by atoms with Crippen molar-refractivity contribution in [2.24, 2.45) is 0 Å². The molecule has 4 rings (SSSR count). The molecular formula is C18H12O2. The third-order valence-corrected chi connectivity index (χ3v) is 3.75. The van der Waals surface area contributed by atoms with Crippen LogP contribution < -0.4 is 0 Å². The smallest absolute Gasteiger partial charge is 0.159 e. The van der Waals surface area contributed by atoms with Crippen LogP contribution in [0.1, 0.15) is 17.3 Å². The van der Waals surface area contributed by atoms with Gasteiger partial charge in [0.05, 0.1) is 0 Å². The lowest BCUT2D eigenvalue weighted by atomic mass is 10.0. The van der Waals surface area contributed by atoms with Gasteiger partial charge in [0.1, 0.15) is 11.2 Å². The Morgan fingerprint density at radius 1 is 0.850 bits per heavy atom. The zero-order chi connectivity index (χ0) is 13.7. The van der Waals surface area contributed by atoms with E-state index in [1.54, 1.807) is 6.92 Å². The van der Waals surface area contributed by atoms with Gasteiger partial charge in [-0.1, -0.05) is 30.3 Å². The van der Waals surface area contributed by atoms with Gasteiger partial charge in [0, 0.05) is 16.3 Å². The normalized spacial score (nSPS) is 11.4. The van der Waals surface area contributed by atoms with E-state index in [1.165, 1.54) is 5.39 Å². The molecule has 0 aliphatic rings. The summed E-state index contributed by atoms with van der Waals surface area (Å²) in [5, 5.41) is 4.49. The van der Waals surface area contributed by atoms with Gasteiger partial charge < -0.3 is 4.42 Å². The maximum Gasteiger partial charge on any atom is 0.159 e. The molecule has 0 spiro atoms. The highest BCUT2D eigenvalue weighted by Crippen LogP contribution is 2.32. The Bertz CT molecular complexity index is 977. The minimum absolute atomic E-state index is 0.0533. The van der Waals surface area contributed by atoms with E-state index >= 15 is 0 Å². The fourth-order valence-corrected chi connectivity index (χ4v) is 2.68. The van der Waals surface area contributed by atoms with Gasteiger partial charge in [0.15, 0.2) is 5.78 Å². The molecule has 0 fully saturated rings. The average molecular weight is 260 g/mol. The molecular weight excluding hydrogens is 248 g/mol. The predicted octanol–water partition coefficient (Wildman–Crippen LogP) is 4.94. The van der Waals surface area contributed by atoms with Crippen molar-refractivity contribution in [3.8, 4) is 0 Å². The molecule has 0 amide bonds. The van der Waals surface area contributed by atoms with Crippen molar-refractivity contribution in [3.63, 3.8) is 0 Å². The first-order valence-corrected chi connectivity index (χ1v) is 6.58. The van der Waals surface area contributed by atoms with Crippen molar-refractivity contribution in [1.82, 2.24) is 0 Å².